The standard InChI is InChI=1S/C13H17N3O2/c1-9-12(14-10(2)17)13(18)16(15(9)3)11-7-5-4-6-8-11/h4-8,13,18H,1-3H3,(H,14,17). The number of nitrogens with one attached hydrogen (secondary N) is 1. The summed E-state index contributed by atoms with van der Waals surface area (Å²) in [6.45, 7) is 3.29. The zero-order valence-corrected chi connectivity index (χ0v) is 10.7. The average molecular weight is 247 g/mol. The number of para-hydroxylation sites is 1. The maximum absolute atomic E-state index is 11.1. The van der Waals surface area contributed by atoms with Crippen LogP contribution in [0.5, 0.6) is 0 Å². The van der Waals surface area contributed by atoms with Crippen LogP contribution in [0.1, 0.15) is 13.8 Å². The number of aliphatic hydroxyl groups is 1. The molecule has 1 unspecified atom stereocenters. The van der Waals surface area contributed by atoms with E-state index in [-0.39, 0.29) is 5.91 Å². The van der Waals surface area contributed by atoms with E-state index in [1.165, 1.54) is 6.92 Å². The van der Waals surface area contributed by atoms with E-state index in [0.29, 0.717) is 5.70 Å². The molecule has 0 bridgehead atoms. The zero-order chi connectivity index (χ0) is 13.3. The van der Waals surface area contributed by atoms with E-state index in [1.807, 2.05) is 49.3 Å². The smallest absolute Gasteiger partial charge is 0.221 e. The highest BCUT2D eigenvalue weighted by molar-refractivity contribution is 5.75. The van der Waals surface area contributed by atoms with Crippen molar-refractivity contribution >= 4 is 11.6 Å². The van der Waals surface area contributed by atoms with Crippen LogP contribution in [-0.4, -0.2) is 29.3 Å². The third kappa shape index (κ3) is 2.04. The van der Waals surface area contributed by atoms with E-state index >= 15 is 0 Å². The lowest BCUT2D eigenvalue weighted by molar-refractivity contribution is -0.118. The monoisotopic (exact) mass is 247 g/mol. The van der Waals surface area contributed by atoms with Gasteiger partial charge in [0.05, 0.1) is 17.1 Å². The van der Waals surface area contributed by atoms with E-state index in [2.05, 4.69) is 5.32 Å². The highest BCUT2D eigenvalue weighted by Crippen LogP contribution is 2.29. The molecule has 1 amide bonds. The molecule has 0 radical (unpaired) electrons. The maximum atomic E-state index is 11.1. The summed E-state index contributed by atoms with van der Waals surface area (Å²) in [5.74, 6) is -0.188. The van der Waals surface area contributed by atoms with Gasteiger partial charge >= 0.3 is 0 Å². The van der Waals surface area contributed by atoms with Gasteiger partial charge in [0.2, 0.25) is 5.91 Å². The van der Waals surface area contributed by atoms with Gasteiger partial charge < -0.3 is 10.4 Å². The van der Waals surface area contributed by atoms with Crippen molar-refractivity contribution < 1.29 is 9.90 Å². The number of benzene rings is 1. The number of allylic oxidation sites excluding steroid dienone is 1. The second kappa shape index (κ2) is 4.70. The van der Waals surface area contributed by atoms with Crippen molar-refractivity contribution in [2.45, 2.75) is 20.1 Å². The van der Waals surface area contributed by atoms with Gasteiger partial charge in [-0.3, -0.25) is 14.8 Å². The van der Waals surface area contributed by atoms with Crippen LogP contribution in [0.3, 0.4) is 0 Å². The van der Waals surface area contributed by atoms with Crippen molar-refractivity contribution in [2.75, 3.05) is 12.1 Å². The highest BCUT2D eigenvalue weighted by Gasteiger charge is 2.34. The Morgan fingerprint density at radius 1 is 1.33 bits per heavy atom. The number of hydrogen-bond acceptors (Lipinski definition) is 4. The van der Waals surface area contributed by atoms with Crippen molar-refractivity contribution in [2.24, 2.45) is 0 Å². The summed E-state index contributed by atoms with van der Waals surface area (Å²) >= 11 is 0. The van der Waals surface area contributed by atoms with Crippen LogP contribution >= 0.6 is 0 Å². The summed E-state index contributed by atoms with van der Waals surface area (Å²) in [5, 5.41) is 16.5. The van der Waals surface area contributed by atoms with Crippen LogP contribution in [0.15, 0.2) is 41.7 Å². The second-order valence-corrected chi connectivity index (χ2v) is 4.26. The van der Waals surface area contributed by atoms with Crippen LogP contribution in [0.25, 0.3) is 0 Å². The Hall–Kier alpha value is -2.01. The predicted molar refractivity (Wildman–Crippen MR) is 69.2 cm³/mol. The number of hydrazine groups is 1. The minimum Gasteiger partial charge on any atom is -0.367 e. The molecule has 2 N–H and O–H groups in total. The van der Waals surface area contributed by atoms with Crippen molar-refractivity contribution in [1.82, 2.24) is 10.3 Å². The predicted octanol–water partition coefficient (Wildman–Crippen LogP) is 1.04. The van der Waals surface area contributed by atoms with Gasteiger partial charge in [-0.05, 0) is 19.1 Å². The molecule has 0 aliphatic carbocycles. The van der Waals surface area contributed by atoms with E-state index in [9.17, 15) is 9.90 Å². The number of carbonyl (C=O) groups is 1. The lowest BCUT2D eigenvalue weighted by atomic mass is 10.3. The fourth-order valence-electron chi connectivity index (χ4n) is 2.05. The molecule has 1 aliphatic rings. The first-order chi connectivity index (χ1) is 8.52. The van der Waals surface area contributed by atoms with Crippen LogP contribution in [0.2, 0.25) is 0 Å². The molecule has 1 aromatic carbocycles. The molecule has 0 saturated carbocycles. The van der Waals surface area contributed by atoms with Crippen LogP contribution in [-0.2, 0) is 4.79 Å². The molecule has 1 heterocycles. The lowest BCUT2D eigenvalue weighted by Gasteiger charge is -2.31. The molecule has 0 saturated heterocycles. The number of hydrogen-bond donors (Lipinski definition) is 2. The molecule has 0 aromatic heterocycles. The van der Waals surface area contributed by atoms with Crippen molar-refractivity contribution in [3.8, 4) is 0 Å². The van der Waals surface area contributed by atoms with Crippen LogP contribution < -0.4 is 10.3 Å². The van der Waals surface area contributed by atoms with Crippen LogP contribution in [0.4, 0.5) is 5.69 Å². The van der Waals surface area contributed by atoms with Crippen LogP contribution in [0, 0.1) is 0 Å². The van der Waals surface area contributed by atoms with Gasteiger partial charge in [0.1, 0.15) is 0 Å². The molecule has 1 atom stereocenters. The molecule has 2 rings (SSSR count). The van der Waals surface area contributed by atoms with E-state index in [1.54, 1.807) is 5.01 Å². The molecule has 5 heteroatoms. The molecule has 18 heavy (non-hydrogen) atoms. The Morgan fingerprint density at radius 2 is 1.94 bits per heavy atom. The molecule has 0 spiro atoms. The Balaban J connectivity index is 2.31. The Labute approximate surface area is 106 Å². The normalized spacial score (nSPS) is 19.4. The Morgan fingerprint density at radius 3 is 2.50 bits per heavy atom. The summed E-state index contributed by atoms with van der Waals surface area (Å²) in [7, 11) is 1.85. The Kier molecular flexibility index (Phi) is 3.25. The fourth-order valence-corrected chi connectivity index (χ4v) is 2.05. The van der Waals surface area contributed by atoms with E-state index in [0.717, 1.165) is 11.4 Å². The van der Waals surface area contributed by atoms with Gasteiger partial charge in [0, 0.05) is 14.0 Å². The minimum atomic E-state index is -0.874. The first-order valence-corrected chi connectivity index (χ1v) is 5.76. The molecular formula is C13H17N3O2. The van der Waals surface area contributed by atoms with Gasteiger partial charge in [0.15, 0.2) is 6.23 Å². The van der Waals surface area contributed by atoms with Gasteiger partial charge in [-0.25, -0.2) is 0 Å². The van der Waals surface area contributed by atoms with Crippen molar-refractivity contribution in [3.05, 3.63) is 41.7 Å². The maximum Gasteiger partial charge on any atom is 0.221 e. The highest BCUT2D eigenvalue weighted by atomic mass is 16.3. The fraction of sp³-hybridized carbons (Fsp3) is 0.308. The third-order valence-corrected chi connectivity index (χ3v) is 3.02. The first-order valence-electron chi connectivity index (χ1n) is 5.76. The van der Waals surface area contributed by atoms with Gasteiger partial charge in [-0.2, -0.15) is 0 Å². The average Bonchev–Trinajstić information content (AvgIpc) is 2.54. The SMILES string of the molecule is CC(=O)NC1=C(C)N(C)N(c2ccccc2)C1O. The number of carbonyl (C=O) groups excluding carboxylic acids is 1. The van der Waals surface area contributed by atoms with Gasteiger partial charge in [0.25, 0.3) is 0 Å². The third-order valence-electron chi connectivity index (χ3n) is 3.02. The largest absolute Gasteiger partial charge is 0.367 e. The summed E-state index contributed by atoms with van der Waals surface area (Å²) in [6.07, 6.45) is -0.874. The summed E-state index contributed by atoms with van der Waals surface area (Å²) in [5.41, 5.74) is 2.21. The second-order valence-electron chi connectivity index (χ2n) is 4.26. The molecule has 1 aromatic rings. The number of aliphatic hydroxyl groups excluding tert-OH is 1. The zero-order valence-electron chi connectivity index (χ0n) is 10.7. The van der Waals surface area contributed by atoms with Crippen molar-refractivity contribution in [3.63, 3.8) is 0 Å². The van der Waals surface area contributed by atoms with Crippen molar-refractivity contribution in [1.29, 1.82) is 0 Å². The minimum absolute atomic E-state index is 0.188. The summed E-state index contributed by atoms with van der Waals surface area (Å²) < 4.78 is 0. The molecule has 0 fully saturated rings. The summed E-state index contributed by atoms with van der Waals surface area (Å²) in [6, 6.07) is 9.54. The van der Waals surface area contributed by atoms with Gasteiger partial charge in [-0.15, -0.1) is 0 Å². The van der Waals surface area contributed by atoms with Gasteiger partial charge in [-0.1, -0.05) is 18.2 Å². The number of nitrogens with zero attached hydrogens (tertiary/aromatic N) is 2. The summed E-state index contributed by atoms with van der Waals surface area (Å²) in [4.78, 5) is 11.1. The number of amides is 1. The lowest BCUT2D eigenvalue weighted by Crippen LogP contribution is -2.42. The Bertz CT molecular complexity index is 484. The number of anilines is 1. The number of rotatable bonds is 2. The molecule has 1 aliphatic heterocycles. The first kappa shape index (κ1) is 12.4. The van der Waals surface area contributed by atoms with E-state index < -0.39 is 6.23 Å². The topological polar surface area (TPSA) is 55.8 Å². The molecule has 5 nitrogen and oxygen atoms in total. The molecule has 96 valence electrons. The molecular weight excluding hydrogens is 230 g/mol. The quantitative estimate of drug-likeness (QED) is 0.820. The van der Waals surface area contributed by atoms with E-state index in [4.69, 9.17) is 0 Å².